The molecule has 1 unspecified atom stereocenters. The van der Waals surface area contributed by atoms with Crippen LogP contribution in [0.5, 0.6) is 0 Å². The van der Waals surface area contributed by atoms with Gasteiger partial charge in [-0.3, -0.25) is 9.78 Å². The second-order valence-corrected chi connectivity index (χ2v) is 7.38. The Morgan fingerprint density at radius 1 is 1.12 bits per heavy atom. The maximum atomic E-state index is 12.5. The van der Waals surface area contributed by atoms with Crippen molar-refractivity contribution in [2.75, 3.05) is 5.32 Å². The van der Waals surface area contributed by atoms with Crippen LogP contribution < -0.4 is 5.32 Å². The summed E-state index contributed by atoms with van der Waals surface area (Å²) in [6.07, 6.45) is 1.71. The van der Waals surface area contributed by atoms with Crippen LogP contribution in [0, 0.1) is 0 Å². The van der Waals surface area contributed by atoms with E-state index in [1.807, 2.05) is 55.5 Å². The first-order valence-corrected chi connectivity index (χ1v) is 9.10. The number of alkyl halides is 1. The standard InChI is InChI=1S/C20H16BrClN2O/c1-13(21)14-5-7-15(8-6-14)20(25)24-16-9-10-18(22)17(12-16)19-4-2-3-11-23-19/h2-13H,1H3,(H,24,25). The molecule has 3 aromatic rings. The number of nitrogens with zero attached hydrogens (tertiary/aromatic N) is 1. The molecule has 2 aromatic carbocycles. The summed E-state index contributed by atoms with van der Waals surface area (Å²) in [5, 5.41) is 3.50. The van der Waals surface area contributed by atoms with Crippen LogP contribution in [-0.2, 0) is 0 Å². The van der Waals surface area contributed by atoms with E-state index in [-0.39, 0.29) is 10.7 Å². The normalized spacial score (nSPS) is 11.8. The van der Waals surface area contributed by atoms with Crippen molar-refractivity contribution in [1.82, 2.24) is 4.98 Å². The molecule has 126 valence electrons. The van der Waals surface area contributed by atoms with Crippen LogP contribution in [0.3, 0.4) is 0 Å². The van der Waals surface area contributed by atoms with Gasteiger partial charge in [-0.05, 0) is 55.0 Å². The average Bonchev–Trinajstić information content (AvgIpc) is 2.64. The lowest BCUT2D eigenvalue weighted by molar-refractivity contribution is 0.102. The average molecular weight is 416 g/mol. The monoisotopic (exact) mass is 414 g/mol. The topological polar surface area (TPSA) is 42.0 Å². The summed E-state index contributed by atoms with van der Waals surface area (Å²) in [4.78, 5) is 17.0. The van der Waals surface area contributed by atoms with Gasteiger partial charge in [0, 0.05) is 27.8 Å². The van der Waals surface area contributed by atoms with Gasteiger partial charge in [-0.25, -0.2) is 0 Å². The Kier molecular flexibility index (Phi) is 5.51. The summed E-state index contributed by atoms with van der Waals surface area (Å²) >= 11 is 9.79. The SMILES string of the molecule is CC(Br)c1ccc(C(=O)Nc2ccc(Cl)c(-c3ccccn3)c2)cc1. The fourth-order valence-electron chi connectivity index (χ4n) is 2.42. The van der Waals surface area contributed by atoms with Gasteiger partial charge in [0.2, 0.25) is 0 Å². The van der Waals surface area contributed by atoms with Gasteiger partial charge in [0.15, 0.2) is 0 Å². The fraction of sp³-hybridized carbons (Fsp3) is 0.100. The van der Waals surface area contributed by atoms with E-state index in [9.17, 15) is 4.79 Å². The molecule has 0 aliphatic heterocycles. The van der Waals surface area contributed by atoms with Crippen LogP contribution >= 0.6 is 27.5 Å². The van der Waals surface area contributed by atoms with E-state index in [1.165, 1.54) is 0 Å². The summed E-state index contributed by atoms with van der Waals surface area (Å²) in [5.41, 5.74) is 3.95. The first kappa shape index (κ1) is 17.6. The molecule has 1 N–H and O–H groups in total. The summed E-state index contributed by atoms with van der Waals surface area (Å²) in [6, 6.07) is 18.5. The molecule has 3 rings (SSSR count). The predicted octanol–water partition coefficient (Wildman–Crippen LogP) is 6.11. The highest BCUT2D eigenvalue weighted by Crippen LogP contribution is 2.29. The van der Waals surface area contributed by atoms with Crippen LogP contribution in [0.2, 0.25) is 5.02 Å². The third kappa shape index (κ3) is 4.27. The van der Waals surface area contributed by atoms with E-state index in [1.54, 1.807) is 18.3 Å². The van der Waals surface area contributed by atoms with Crippen molar-refractivity contribution in [3.05, 3.63) is 83.0 Å². The quantitative estimate of drug-likeness (QED) is 0.522. The van der Waals surface area contributed by atoms with Gasteiger partial charge in [-0.15, -0.1) is 0 Å². The molecule has 3 nitrogen and oxygen atoms in total. The molecular weight excluding hydrogens is 400 g/mol. The number of carbonyl (C=O) groups excluding carboxylic acids is 1. The molecule has 1 heterocycles. The second kappa shape index (κ2) is 7.81. The third-order valence-electron chi connectivity index (χ3n) is 3.80. The van der Waals surface area contributed by atoms with Gasteiger partial charge in [0.25, 0.3) is 5.91 Å². The van der Waals surface area contributed by atoms with Crippen LogP contribution in [0.4, 0.5) is 5.69 Å². The van der Waals surface area contributed by atoms with Crippen molar-refractivity contribution in [2.24, 2.45) is 0 Å². The molecule has 1 atom stereocenters. The maximum Gasteiger partial charge on any atom is 0.255 e. The Bertz CT molecular complexity index is 880. The van der Waals surface area contributed by atoms with E-state index in [2.05, 4.69) is 26.2 Å². The third-order valence-corrected chi connectivity index (χ3v) is 4.66. The molecule has 25 heavy (non-hydrogen) atoms. The highest BCUT2D eigenvalue weighted by atomic mass is 79.9. The van der Waals surface area contributed by atoms with Gasteiger partial charge in [-0.1, -0.05) is 45.7 Å². The Morgan fingerprint density at radius 2 is 1.88 bits per heavy atom. The zero-order valence-corrected chi connectivity index (χ0v) is 15.9. The van der Waals surface area contributed by atoms with E-state index in [0.717, 1.165) is 16.8 Å². The zero-order valence-electron chi connectivity index (χ0n) is 13.5. The lowest BCUT2D eigenvalue weighted by atomic mass is 10.1. The lowest BCUT2D eigenvalue weighted by Gasteiger charge is -2.10. The number of anilines is 1. The number of halogens is 2. The molecule has 0 spiro atoms. The molecule has 1 amide bonds. The first-order chi connectivity index (χ1) is 12.0. The summed E-state index contributed by atoms with van der Waals surface area (Å²) in [5.74, 6) is -0.164. The van der Waals surface area contributed by atoms with Crippen molar-refractivity contribution < 1.29 is 4.79 Å². The highest BCUT2D eigenvalue weighted by molar-refractivity contribution is 9.09. The van der Waals surface area contributed by atoms with Gasteiger partial charge < -0.3 is 5.32 Å². The number of aromatic nitrogens is 1. The number of hydrogen-bond acceptors (Lipinski definition) is 2. The first-order valence-electron chi connectivity index (χ1n) is 7.81. The van der Waals surface area contributed by atoms with E-state index >= 15 is 0 Å². The second-order valence-electron chi connectivity index (χ2n) is 5.60. The Balaban J connectivity index is 1.82. The predicted molar refractivity (Wildman–Crippen MR) is 106 cm³/mol. The minimum atomic E-state index is -0.164. The largest absolute Gasteiger partial charge is 0.322 e. The van der Waals surface area contributed by atoms with Gasteiger partial charge in [0.1, 0.15) is 0 Å². The molecule has 0 aliphatic rings. The highest BCUT2D eigenvalue weighted by Gasteiger charge is 2.10. The van der Waals surface area contributed by atoms with Crippen molar-refractivity contribution in [1.29, 1.82) is 0 Å². The minimum Gasteiger partial charge on any atom is -0.322 e. The molecule has 0 aliphatic carbocycles. The van der Waals surface area contributed by atoms with Crippen LogP contribution in [-0.4, -0.2) is 10.9 Å². The summed E-state index contributed by atoms with van der Waals surface area (Å²) in [6.45, 7) is 2.04. The van der Waals surface area contributed by atoms with Crippen molar-refractivity contribution in [3.8, 4) is 11.3 Å². The van der Waals surface area contributed by atoms with Gasteiger partial charge in [-0.2, -0.15) is 0 Å². The van der Waals surface area contributed by atoms with Gasteiger partial charge in [0.05, 0.1) is 10.7 Å². The number of hydrogen-bond donors (Lipinski definition) is 1. The lowest BCUT2D eigenvalue weighted by Crippen LogP contribution is -2.12. The van der Waals surface area contributed by atoms with Crippen molar-refractivity contribution in [3.63, 3.8) is 0 Å². The maximum absolute atomic E-state index is 12.5. The van der Waals surface area contributed by atoms with Crippen molar-refractivity contribution in [2.45, 2.75) is 11.8 Å². The Labute approximate surface area is 160 Å². The number of pyridine rings is 1. The molecule has 0 fully saturated rings. The molecule has 0 saturated carbocycles. The summed E-state index contributed by atoms with van der Waals surface area (Å²) < 4.78 is 0. The number of nitrogens with one attached hydrogen (secondary N) is 1. The van der Waals surface area contributed by atoms with E-state index in [0.29, 0.717) is 16.3 Å². The molecule has 0 bridgehead atoms. The van der Waals surface area contributed by atoms with E-state index in [4.69, 9.17) is 11.6 Å². The van der Waals surface area contributed by atoms with Crippen LogP contribution in [0.25, 0.3) is 11.3 Å². The van der Waals surface area contributed by atoms with E-state index < -0.39 is 0 Å². The number of carbonyl (C=O) groups is 1. The Morgan fingerprint density at radius 3 is 2.52 bits per heavy atom. The minimum absolute atomic E-state index is 0.164. The van der Waals surface area contributed by atoms with Crippen LogP contribution in [0.15, 0.2) is 66.9 Å². The Hall–Kier alpha value is -2.17. The van der Waals surface area contributed by atoms with Crippen molar-refractivity contribution >= 4 is 39.1 Å². The fourth-order valence-corrected chi connectivity index (χ4v) is 2.94. The molecule has 0 radical (unpaired) electrons. The molecule has 1 aromatic heterocycles. The smallest absolute Gasteiger partial charge is 0.255 e. The number of rotatable bonds is 4. The number of amides is 1. The zero-order chi connectivity index (χ0) is 17.8. The summed E-state index contributed by atoms with van der Waals surface area (Å²) in [7, 11) is 0. The molecular formula is C20H16BrClN2O. The molecule has 0 saturated heterocycles. The van der Waals surface area contributed by atoms with Gasteiger partial charge >= 0.3 is 0 Å². The van der Waals surface area contributed by atoms with Crippen LogP contribution in [0.1, 0.15) is 27.7 Å². The number of benzene rings is 2. The molecule has 5 heteroatoms.